The largest absolute Gasteiger partial charge is 0.496 e. The lowest BCUT2D eigenvalue weighted by molar-refractivity contribution is 0.122. The van der Waals surface area contributed by atoms with Gasteiger partial charge in [-0.15, -0.1) is 0 Å². The molecule has 29 heavy (non-hydrogen) atoms. The van der Waals surface area contributed by atoms with Crippen LogP contribution in [0.5, 0.6) is 5.75 Å². The average molecular weight is 387 g/mol. The molecule has 2 aliphatic rings. The molecule has 0 bridgehead atoms. The molecule has 0 N–H and O–H groups in total. The summed E-state index contributed by atoms with van der Waals surface area (Å²) in [5.41, 5.74) is 6.04. The molecule has 1 saturated heterocycles. The summed E-state index contributed by atoms with van der Waals surface area (Å²) in [6.07, 6.45) is 5.18. The molecule has 3 aromatic rings. The van der Waals surface area contributed by atoms with Gasteiger partial charge in [0.2, 0.25) is 0 Å². The van der Waals surface area contributed by atoms with Gasteiger partial charge >= 0.3 is 0 Å². The van der Waals surface area contributed by atoms with Gasteiger partial charge < -0.3 is 14.4 Å². The van der Waals surface area contributed by atoms with Gasteiger partial charge in [-0.1, -0.05) is 12.1 Å². The van der Waals surface area contributed by atoms with Gasteiger partial charge in [-0.2, -0.15) is 0 Å². The Kier molecular flexibility index (Phi) is 4.65. The van der Waals surface area contributed by atoms with E-state index in [1.54, 1.807) is 19.6 Å². The number of rotatable bonds is 4. The number of nitrogens with zero attached hydrogens (tertiary/aromatic N) is 5. The van der Waals surface area contributed by atoms with Crippen LogP contribution in [0.4, 0.5) is 5.82 Å². The van der Waals surface area contributed by atoms with Crippen molar-refractivity contribution in [3.05, 3.63) is 65.9 Å². The van der Waals surface area contributed by atoms with Crippen molar-refractivity contribution in [2.75, 3.05) is 38.3 Å². The van der Waals surface area contributed by atoms with E-state index in [1.807, 2.05) is 18.3 Å². The predicted octanol–water partition coefficient (Wildman–Crippen LogP) is 2.73. The molecular formula is C22H21N5O2. The van der Waals surface area contributed by atoms with Gasteiger partial charge in [0.25, 0.3) is 0 Å². The number of benzene rings is 1. The smallest absolute Gasteiger partial charge is 0.132 e. The third kappa shape index (κ3) is 3.34. The minimum atomic E-state index is 0.659. The Morgan fingerprint density at radius 3 is 2.79 bits per heavy atom. The van der Waals surface area contributed by atoms with Crippen molar-refractivity contribution in [2.24, 2.45) is 4.99 Å². The molecule has 7 heteroatoms. The van der Waals surface area contributed by atoms with Crippen LogP contribution in [-0.4, -0.2) is 54.1 Å². The molecule has 1 fully saturated rings. The number of methoxy groups -OCH3 is 1. The number of aliphatic imine (C=N–C) groups is 1. The van der Waals surface area contributed by atoms with E-state index in [1.165, 1.54) is 5.56 Å². The van der Waals surface area contributed by atoms with Crippen LogP contribution in [-0.2, 0) is 11.3 Å². The maximum absolute atomic E-state index is 5.51. The van der Waals surface area contributed by atoms with Gasteiger partial charge in [0, 0.05) is 42.7 Å². The normalized spacial score (nSPS) is 15.8. The second-order valence-corrected chi connectivity index (χ2v) is 6.97. The molecule has 0 spiro atoms. The maximum Gasteiger partial charge on any atom is 0.132 e. The number of pyridine rings is 1. The number of aromatic nitrogens is 3. The molecule has 1 aromatic carbocycles. The quantitative estimate of drug-likeness (QED) is 0.685. The summed E-state index contributed by atoms with van der Waals surface area (Å²) in [7, 11) is 1.67. The van der Waals surface area contributed by atoms with Gasteiger partial charge in [0.05, 0.1) is 38.3 Å². The standard InChI is InChI=1S/C22H21N5O2/c1-28-20-4-5-23-13-18(20)15-2-3-16-12-24-22(17(16)10-15)19-11-21(26-14-25-19)27-6-8-29-9-7-27/h2-5,10-11,13-14H,6-9,12H2,1H3. The zero-order valence-corrected chi connectivity index (χ0v) is 16.2. The van der Waals surface area contributed by atoms with Crippen LogP contribution in [0.25, 0.3) is 11.1 Å². The molecule has 5 rings (SSSR count). The van der Waals surface area contributed by atoms with Crippen molar-refractivity contribution in [2.45, 2.75) is 6.54 Å². The Bertz CT molecular complexity index is 1080. The number of hydrogen-bond acceptors (Lipinski definition) is 7. The monoisotopic (exact) mass is 387 g/mol. The lowest BCUT2D eigenvalue weighted by Crippen LogP contribution is -2.36. The Morgan fingerprint density at radius 1 is 1.03 bits per heavy atom. The average Bonchev–Trinajstić information content (AvgIpc) is 3.23. The van der Waals surface area contributed by atoms with Crippen LogP contribution in [0.15, 0.2) is 54.0 Å². The highest BCUT2D eigenvalue weighted by Gasteiger charge is 2.22. The van der Waals surface area contributed by atoms with E-state index >= 15 is 0 Å². The molecule has 0 atom stereocenters. The summed E-state index contributed by atoms with van der Waals surface area (Å²) >= 11 is 0. The Labute approximate surface area is 169 Å². The van der Waals surface area contributed by atoms with E-state index in [0.717, 1.165) is 66.0 Å². The van der Waals surface area contributed by atoms with E-state index < -0.39 is 0 Å². The topological polar surface area (TPSA) is 72.7 Å². The van der Waals surface area contributed by atoms with Crippen molar-refractivity contribution in [3.8, 4) is 16.9 Å². The van der Waals surface area contributed by atoms with E-state index in [4.69, 9.17) is 14.5 Å². The van der Waals surface area contributed by atoms with Gasteiger partial charge in [-0.05, 0) is 23.3 Å². The van der Waals surface area contributed by atoms with E-state index in [-0.39, 0.29) is 0 Å². The van der Waals surface area contributed by atoms with Crippen LogP contribution in [0.1, 0.15) is 16.8 Å². The molecule has 0 unspecified atom stereocenters. The van der Waals surface area contributed by atoms with Crippen molar-refractivity contribution < 1.29 is 9.47 Å². The van der Waals surface area contributed by atoms with Crippen LogP contribution in [0.3, 0.4) is 0 Å². The lowest BCUT2D eigenvalue weighted by Gasteiger charge is -2.27. The summed E-state index contributed by atoms with van der Waals surface area (Å²) < 4.78 is 11.0. The number of morpholine rings is 1. The Balaban J connectivity index is 1.51. The molecule has 4 heterocycles. The van der Waals surface area contributed by atoms with Gasteiger partial charge in [-0.3, -0.25) is 9.98 Å². The molecule has 2 aliphatic heterocycles. The second kappa shape index (κ2) is 7.60. The minimum Gasteiger partial charge on any atom is -0.496 e. The number of hydrogen-bond donors (Lipinski definition) is 0. The summed E-state index contributed by atoms with van der Waals surface area (Å²) in [5.74, 6) is 1.72. The summed E-state index contributed by atoms with van der Waals surface area (Å²) in [4.78, 5) is 20.2. The van der Waals surface area contributed by atoms with E-state index in [0.29, 0.717) is 6.54 Å². The molecule has 0 radical (unpaired) electrons. The molecular weight excluding hydrogens is 366 g/mol. The van der Waals surface area contributed by atoms with E-state index in [9.17, 15) is 0 Å². The van der Waals surface area contributed by atoms with Gasteiger partial charge in [-0.25, -0.2) is 9.97 Å². The molecule has 0 saturated carbocycles. The van der Waals surface area contributed by atoms with Crippen LogP contribution >= 0.6 is 0 Å². The first-order chi connectivity index (χ1) is 14.3. The van der Waals surface area contributed by atoms with Gasteiger partial charge in [0.15, 0.2) is 0 Å². The van der Waals surface area contributed by atoms with Crippen LogP contribution in [0.2, 0.25) is 0 Å². The van der Waals surface area contributed by atoms with Crippen molar-refractivity contribution >= 4 is 11.5 Å². The highest BCUT2D eigenvalue weighted by molar-refractivity contribution is 6.14. The predicted molar refractivity (Wildman–Crippen MR) is 111 cm³/mol. The fourth-order valence-corrected chi connectivity index (χ4v) is 3.79. The molecule has 7 nitrogen and oxygen atoms in total. The Hall–Kier alpha value is -3.32. The zero-order chi connectivity index (χ0) is 19.6. The Morgan fingerprint density at radius 2 is 1.93 bits per heavy atom. The maximum atomic E-state index is 5.51. The number of anilines is 1. The van der Waals surface area contributed by atoms with Crippen LogP contribution in [0, 0.1) is 0 Å². The SMILES string of the molecule is COc1ccncc1-c1ccc2c(c1)C(c1cc(N3CCOCC3)ncn1)=NC2. The first-order valence-electron chi connectivity index (χ1n) is 9.65. The summed E-state index contributed by atoms with van der Waals surface area (Å²) in [6, 6.07) is 10.3. The molecule has 0 amide bonds. The first kappa shape index (κ1) is 17.8. The number of fused-ring (bicyclic) bond motifs is 1. The highest BCUT2D eigenvalue weighted by Crippen LogP contribution is 2.33. The number of ether oxygens (including phenoxy) is 2. The highest BCUT2D eigenvalue weighted by atomic mass is 16.5. The summed E-state index contributed by atoms with van der Waals surface area (Å²) in [5, 5.41) is 0. The second-order valence-electron chi connectivity index (χ2n) is 6.97. The fraction of sp³-hybridized carbons (Fsp3) is 0.273. The third-order valence-electron chi connectivity index (χ3n) is 5.31. The first-order valence-corrected chi connectivity index (χ1v) is 9.65. The summed E-state index contributed by atoms with van der Waals surface area (Å²) in [6.45, 7) is 3.78. The van der Waals surface area contributed by atoms with Crippen LogP contribution < -0.4 is 9.64 Å². The van der Waals surface area contributed by atoms with Gasteiger partial charge in [0.1, 0.15) is 17.9 Å². The van der Waals surface area contributed by atoms with E-state index in [2.05, 4.69) is 38.1 Å². The lowest BCUT2D eigenvalue weighted by atomic mass is 9.97. The molecule has 146 valence electrons. The zero-order valence-electron chi connectivity index (χ0n) is 16.2. The molecule has 0 aliphatic carbocycles. The molecule has 2 aromatic heterocycles. The fourth-order valence-electron chi connectivity index (χ4n) is 3.79. The third-order valence-corrected chi connectivity index (χ3v) is 5.31. The van der Waals surface area contributed by atoms with Crippen molar-refractivity contribution in [1.29, 1.82) is 0 Å². The van der Waals surface area contributed by atoms with Crippen molar-refractivity contribution in [3.63, 3.8) is 0 Å². The minimum absolute atomic E-state index is 0.659. The van der Waals surface area contributed by atoms with Crippen molar-refractivity contribution in [1.82, 2.24) is 15.0 Å².